The maximum atomic E-state index is 12.8. The molecule has 334 valence electrons. The molecule has 0 bridgehead atoms. The first-order valence-corrected chi connectivity index (χ1v) is 23.1. The minimum atomic E-state index is -5.07. The molecule has 1 aliphatic heterocycles. The zero-order valence-electron chi connectivity index (χ0n) is 35.3. The van der Waals surface area contributed by atoms with Crippen molar-refractivity contribution in [2.45, 2.75) is 179 Å². The normalized spacial score (nSPS) is 21.2. The maximum Gasteiger partial charge on any atom is 0.397 e. The van der Waals surface area contributed by atoms with Crippen molar-refractivity contribution in [3.8, 4) is 0 Å². The van der Waals surface area contributed by atoms with Gasteiger partial charge in [-0.25, -0.2) is 4.18 Å². The van der Waals surface area contributed by atoms with Crippen LogP contribution in [-0.2, 0) is 38.3 Å². The third-order valence-electron chi connectivity index (χ3n) is 9.31. The Balaban J connectivity index is 2.46. The number of hydrogen-bond donors (Lipinski definition) is 4. The Bertz CT molecular complexity index is 1290. The van der Waals surface area contributed by atoms with Gasteiger partial charge in [0.1, 0.15) is 30.5 Å². The Labute approximate surface area is 350 Å². The zero-order valence-corrected chi connectivity index (χ0v) is 36.1. The topological polar surface area (TPSA) is 178 Å². The van der Waals surface area contributed by atoms with E-state index in [1.807, 2.05) is 0 Å². The van der Waals surface area contributed by atoms with Crippen molar-refractivity contribution in [3.63, 3.8) is 0 Å². The van der Waals surface area contributed by atoms with Crippen LogP contribution < -0.4 is 0 Å². The lowest BCUT2D eigenvalue weighted by Crippen LogP contribution is -2.60. The van der Waals surface area contributed by atoms with Crippen molar-refractivity contribution in [2.24, 2.45) is 0 Å². The van der Waals surface area contributed by atoms with E-state index < -0.39 is 59.8 Å². The first-order chi connectivity index (χ1) is 28.1. The fraction of sp³-hybridized carbons (Fsp3) is 0.711. The van der Waals surface area contributed by atoms with Crippen molar-refractivity contribution in [1.29, 1.82) is 0 Å². The smallest absolute Gasteiger partial charge is 0.397 e. The highest BCUT2D eigenvalue weighted by Crippen LogP contribution is 2.26. The number of hydrogen-bond acceptors (Lipinski definition) is 11. The number of allylic oxidation sites excluding steroid dienone is 12. The Kier molecular flexibility index (Phi) is 33.6. The molecule has 1 fully saturated rings. The molecule has 0 aromatic carbocycles. The van der Waals surface area contributed by atoms with Crippen LogP contribution in [0.2, 0.25) is 0 Å². The number of unbranched alkanes of at least 4 members (excludes halogenated alkanes) is 11. The Morgan fingerprint density at radius 1 is 0.672 bits per heavy atom. The molecule has 0 aromatic heterocycles. The van der Waals surface area contributed by atoms with Gasteiger partial charge in [0.05, 0.1) is 19.8 Å². The van der Waals surface area contributed by atoms with E-state index >= 15 is 0 Å². The molecule has 0 saturated carbocycles. The average Bonchev–Trinajstić information content (AvgIpc) is 3.19. The summed E-state index contributed by atoms with van der Waals surface area (Å²) in [5.74, 6) is -0.424. The van der Waals surface area contributed by atoms with E-state index in [1.165, 1.54) is 12.8 Å². The van der Waals surface area contributed by atoms with Gasteiger partial charge in [-0.2, -0.15) is 8.42 Å². The number of carbonyl (C=O) groups is 1. The quantitative estimate of drug-likeness (QED) is 0.0204. The number of aliphatic hydroxyl groups excluding tert-OH is 3. The van der Waals surface area contributed by atoms with Gasteiger partial charge in [0, 0.05) is 13.0 Å². The van der Waals surface area contributed by atoms with Crippen molar-refractivity contribution in [3.05, 3.63) is 72.9 Å². The Morgan fingerprint density at radius 2 is 1.19 bits per heavy atom. The summed E-state index contributed by atoms with van der Waals surface area (Å²) in [6.07, 6.45) is 36.6. The number of aliphatic hydroxyl groups is 3. The van der Waals surface area contributed by atoms with Crippen LogP contribution in [0.1, 0.15) is 142 Å². The zero-order chi connectivity index (χ0) is 42.5. The van der Waals surface area contributed by atoms with Crippen molar-refractivity contribution in [1.82, 2.24) is 0 Å². The highest BCUT2D eigenvalue weighted by atomic mass is 32.3. The van der Waals surface area contributed by atoms with Crippen LogP contribution in [0.5, 0.6) is 0 Å². The molecule has 0 aromatic rings. The summed E-state index contributed by atoms with van der Waals surface area (Å²) in [6.45, 7) is 3.73. The van der Waals surface area contributed by atoms with Crippen LogP contribution >= 0.6 is 0 Å². The molecule has 1 heterocycles. The lowest BCUT2D eigenvalue weighted by Gasteiger charge is -2.41. The van der Waals surface area contributed by atoms with Gasteiger partial charge in [0.2, 0.25) is 0 Å². The van der Waals surface area contributed by atoms with Gasteiger partial charge < -0.3 is 34.3 Å². The van der Waals surface area contributed by atoms with Gasteiger partial charge in [-0.1, -0.05) is 132 Å². The Hall–Kier alpha value is -2.46. The molecule has 1 aliphatic rings. The minimum Gasteiger partial charge on any atom is -0.457 e. The first-order valence-electron chi connectivity index (χ1n) is 21.7. The monoisotopic (exact) mass is 841 g/mol. The molecule has 0 spiro atoms. The summed E-state index contributed by atoms with van der Waals surface area (Å²) in [7, 11) is -5.07. The summed E-state index contributed by atoms with van der Waals surface area (Å²) < 4.78 is 58.9. The highest BCUT2D eigenvalue weighted by molar-refractivity contribution is 7.80. The maximum absolute atomic E-state index is 12.8. The third-order valence-corrected chi connectivity index (χ3v) is 9.78. The number of rotatable bonds is 36. The molecule has 12 nitrogen and oxygen atoms in total. The third kappa shape index (κ3) is 29.7. The predicted molar refractivity (Wildman–Crippen MR) is 229 cm³/mol. The lowest BCUT2D eigenvalue weighted by molar-refractivity contribution is -0.301. The SMILES string of the molecule is CC/C=C\C/C=C\C/C=C\C/C=C\C/C=C\CCCCCCOCC(COC1OC(CO)C(O)C(OS(=O)(=O)O)C1O)OC(=O)CCCCCCC/C=C\CCCC. The van der Waals surface area contributed by atoms with Crippen LogP contribution in [0.4, 0.5) is 0 Å². The van der Waals surface area contributed by atoms with Gasteiger partial charge in [0.25, 0.3) is 0 Å². The number of esters is 1. The van der Waals surface area contributed by atoms with Crippen LogP contribution in [-0.4, -0.2) is 97.5 Å². The molecular weight excluding hydrogens is 765 g/mol. The second-order valence-electron chi connectivity index (χ2n) is 14.5. The van der Waals surface area contributed by atoms with Gasteiger partial charge in [0.15, 0.2) is 6.29 Å². The van der Waals surface area contributed by atoms with Gasteiger partial charge in [-0.15, -0.1) is 0 Å². The lowest BCUT2D eigenvalue weighted by atomic mass is 9.99. The van der Waals surface area contributed by atoms with E-state index in [0.29, 0.717) is 13.0 Å². The summed E-state index contributed by atoms with van der Waals surface area (Å²) in [4.78, 5) is 12.8. The van der Waals surface area contributed by atoms with E-state index in [-0.39, 0.29) is 19.6 Å². The molecule has 1 rings (SSSR count). The largest absolute Gasteiger partial charge is 0.457 e. The molecule has 1 saturated heterocycles. The standard InChI is InChI=1S/C45H76O12S/c1-3-5-7-9-11-13-15-16-17-18-19-20-21-22-23-25-27-29-31-33-35-53-37-39(55-41(47)34-32-30-28-26-24-14-12-10-8-6-4-2)38-54-45-43(49)44(57-58(50,51)52)42(48)40(36-46)56-45/h5,7,10-13,16-17,19-20,22-23,39-40,42-46,48-49H,3-4,6,8-9,14-15,18,21,24-38H2,1-2H3,(H,50,51,52)/b7-5-,12-10-,13-11-,17-16-,20-19-,23-22-. The summed E-state index contributed by atoms with van der Waals surface area (Å²) in [6, 6.07) is 0. The molecule has 0 radical (unpaired) electrons. The molecular formula is C45H76O12S. The molecule has 6 atom stereocenters. The van der Waals surface area contributed by atoms with Crippen LogP contribution in [0.3, 0.4) is 0 Å². The molecule has 13 heteroatoms. The fourth-order valence-electron chi connectivity index (χ4n) is 6.03. The summed E-state index contributed by atoms with van der Waals surface area (Å²) in [5, 5.41) is 30.6. The number of carbonyl (C=O) groups excluding carboxylic acids is 1. The van der Waals surface area contributed by atoms with E-state index in [1.54, 1.807) is 0 Å². The highest BCUT2D eigenvalue weighted by Gasteiger charge is 2.48. The number of ether oxygens (including phenoxy) is 4. The van der Waals surface area contributed by atoms with Crippen molar-refractivity contribution < 1.29 is 56.2 Å². The molecule has 0 amide bonds. The van der Waals surface area contributed by atoms with Gasteiger partial charge >= 0.3 is 16.4 Å². The van der Waals surface area contributed by atoms with Crippen molar-refractivity contribution in [2.75, 3.05) is 26.4 Å². The first kappa shape index (κ1) is 53.6. The summed E-state index contributed by atoms with van der Waals surface area (Å²) >= 11 is 0. The van der Waals surface area contributed by atoms with Crippen LogP contribution in [0.15, 0.2) is 72.9 Å². The molecule has 4 N–H and O–H groups in total. The van der Waals surface area contributed by atoms with E-state index in [0.717, 1.165) is 103 Å². The predicted octanol–water partition coefficient (Wildman–Crippen LogP) is 8.74. The van der Waals surface area contributed by atoms with Crippen LogP contribution in [0.25, 0.3) is 0 Å². The van der Waals surface area contributed by atoms with E-state index in [2.05, 4.69) is 90.9 Å². The van der Waals surface area contributed by atoms with Crippen LogP contribution in [0, 0.1) is 0 Å². The molecule has 6 unspecified atom stereocenters. The molecule has 0 aliphatic carbocycles. The van der Waals surface area contributed by atoms with Crippen molar-refractivity contribution >= 4 is 16.4 Å². The van der Waals surface area contributed by atoms with Gasteiger partial charge in [-0.05, 0) is 77.0 Å². The van der Waals surface area contributed by atoms with E-state index in [9.17, 15) is 28.5 Å². The second-order valence-corrected chi connectivity index (χ2v) is 15.6. The molecule has 58 heavy (non-hydrogen) atoms. The minimum absolute atomic E-state index is 0.0113. The van der Waals surface area contributed by atoms with Gasteiger partial charge in [-0.3, -0.25) is 9.35 Å². The fourth-order valence-corrected chi connectivity index (χ4v) is 6.54. The average molecular weight is 841 g/mol. The Morgan fingerprint density at radius 3 is 1.76 bits per heavy atom. The van der Waals surface area contributed by atoms with E-state index in [4.69, 9.17) is 23.5 Å². The second kappa shape index (κ2) is 36.4. The summed E-state index contributed by atoms with van der Waals surface area (Å²) in [5.41, 5.74) is 0.